The Bertz CT molecular complexity index is 1260. The van der Waals surface area contributed by atoms with Crippen LogP contribution in [0.25, 0.3) is 6.08 Å². The highest BCUT2D eigenvalue weighted by molar-refractivity contribution is 9.10. The maximum Gasteiger partial charge on any atom is 0.266 e. The summed E-state index contributed by atoms with van der Waals surface area (Å²) in [7, 11) is 1.49. The lowest BCUT2D eigenvalue weighted by Crippen LogP contribution is -2.14. The van der Waals surface area contributed by atoms with Crippen LogP contribution in [0.1, 0.15) is 22.3 Å². The number of anilines is 1. The van der Waals surface area contributed by atoms with E-state index in [1.54, 1.807) is 30.3 Å². The zero-order chi connectivity index (χ0) is 24.0. The number of hydrogen-bond acceptors (Lipinski definition) is 4. The highest BCUT2D eigenvalue weighted by atomic mass is 79.9. The Morgan fingerprint density at radius 1 is 1.15 bits per heavy atom. The minimum Gasteiger partial charge on any atom is -0.493 e. The maximum absolute atomic E-state index is 13.4. The Balaban J connectivity index is 1.84. The second kappa shape index (κ2) is 10.8. The zero-order valence-electron chi connectivity index (χ0n) is 18.4. The number of halogens is 2. The van der Waals surface area contributed by atoms with Crippen LogP contribution < -0.4 is 14.8 Å². The Hall–Kier alpha value is -3.63. The van der Waals surface area contributed by atoms with Crippen LogP contribution >= 0.6 is 15.9 Å². The van der Waals surface area contributed by atoms with Gasteiger partial charge in [0.15, 0.2) is 11.5 Å². The Morgan fingerprint density at radius 3 is 2.61 bits per heavy atom. The van der Waals surface area contributed by atoms with Crippen molar-refractivity contribution in [3.05, 3.63) is 92.7 Å². The third-order valence-electron chi connectivity index (χ3n) is 5.08. The normalized spacial score (nSPS) is 11.0. The summed E-state index contributed by atoms with van der Waals surface area (Å²) >= 11 is 3.46. The SMILES string of the molecule is COc1cc(/C=C(\C#N)C(=O)Nc2cccc(C)c2C)c(Br)cc1OCc1cccc(F)c1. The van der Waals surface area contributed by atoms with E-state index in [0.717, 1.165) is 11.1 Å². The maximum atomic E-state index is 13.4. The number of nitriles is 1. The van der Waals surface area contributed by atoms with Crippen molar-refractivity contribution >= 4 is 33.6 Å². The van der Waals surface area contributed by atoms with Crippen LogP contribution in [0.5, 0.6) is 11.5 Å². The van der Waals surface area contributed by atoms with Crippen molar-refractivity contribution < 1.29 is 18.7 Å². The zero-order valence-corrected chi connectivity index (χ0v) is 20.0. The number of hydrogen-bond donors (Lipinski definition) is 1. The van der Waals surface area contributed by atoms with E-state index in [-0.39, 0.29) is 18.0 Å². The van der Waals surface area contributed by atoms with Gasteiger partial charge < -0.3 is 14.8 Å². The van der Waals surface area contributed by atoms with Crippen molar-refractivity contribution in [3.8, 4) is 17.6 Å². The lowest BCUT2D eigenvalue weighted by Gasteiger charge is -2.13. The minimum atomic E-state index is -0.511. The Labute approximate surface area is 200 Å². The van der Waals surface area contributed by atoms with E-state index in [9.17, 15) is 14.4 Å². The largest absolute Gasteiger partial charge is 0.493 e. The molecule has 3 aromatic rings. The molecule has 0 aliphatic rings. The number of methoxy groups -OCH3 is 1. The van der Waals surface area contributed by atoms with E-state index >= 15 is 0 Å². The van der Waals surface area contributed by atoms with Gasteiger partial charge in [-0.3, -0.25) is 4.79 Å². The fraction of sp³-hybridized carbons (Fsp3) is 0.154. The molecule has 33 heavy (non-hydrogen) atoms. The molecule has 0 spiro atoms. The van der Waals surface area contributed by atoms with E-state index in [1.165, 1.54) is 25.3 Å². The van der Waals surface area contributed by atoms with Gasteiger partial charge in [0, 0.05) is 10.2 Å². The predicted molar refractivity (Wildman–Crippen MR) is 130 cm³/mol. The Morgan fingerprint density at radius 2 is 1.91 bits per heavy atom. The summed E-state index contributed by atoms with van der Waals surface area (Å²) in [6, 6.07) is 17.0. The van der Waals surface area contributed by atoms with Crippen molar-refractivity contribution in [1.29, 1.82) is 5.26 Å². The van der Waals surface area contributed by atoms with Crippen LogP contribution in [0, 0.1) is 31.0 Å². The number of rotatable bonds is 7. The van der Waals surface area contributed by atoms with Gasteiger partial charge >= 0.3 is 0 Å². The molecule has 1 amide bonds. The van der Waals surface area contributed by atoms with Crippen molar-refractivity contribution in [2.24, 2.45) is 0 Å². The quantitative estimate of drug-likeness (QED) is 0.298. The third kappa shape index (κ3) is 5.99. The van der Waals surface area contributed by atoms with E-state index < -0.39 is 5.91 Å². The molecule has 0 aliphatic carbocycles. The molecular formula is C26H22BrFN2O3. The molecule has 0 bridgehead atoms. The highest BCUT2D eigenvalue weighted by Gasteiger charge is 2.15. The molecule has 0 saturated carbocycles. The summed E-state index contributed by atoms with van der Waals surface area (Å²) in [4.78, 5) is 12.7. The fourth-order valence-corrected chi connectivity index (χ4v) is 3.54. The van der Waals surface area contributed by atoms with Gasteiger partial charge in [0.05, 0.1) is 7.11 Å². The lowest BCUT2D eigenvalue weighted by atomic mass is 10.1. The molecule has 3 aromatic carbocycles. The standard InChI is InChI=1S/C26H22BrFN2O3/c1-16-6-4-9-23(17(16)2)30-26(31)20(14-29)11-19-12-24(32-3)25(13-22(19)27)33-15-18-7-5-8-21(28)10-18/h4-13H,15H2,1-3H3,(H,30,31)/b20-11+. The van der Waals surface area contributed by atoms with E-state index in [0.29, 0.717) is 32.8 Å². The van der Waals surface area contributed by atoms with Gasteiger partial charge in [-0.05, 0) is 72.5 Å². The number of amides is 1. The molecule has 0 radical (unpaired) electrons. The Kier molecular flexibility index (Phi) is 7.86. The molecule has 5 nitrogen and oxygen atoms in total. The van der Waals surface area contributed by atoms with Crippen LogP contribution in [0.15, 0.2) is 64.6 Å². The summed E-state index contributed by atoms with van der Waals surface area (Å²) in [5.41, 5.74) is 3.80. The number of carbonyl (C=O) groups is 1. The fourth-order valence-electron chi connectivity index (χ4n) is 3.10. The first kappa shape index (κ1) is 24.0. The number of aryl methyl sites for hydroxylation is 1. The number of carbonyl (C=O) groups excluding carboxylic acids is 1. The molecule has 0 fully saturated rings. The van der Waals surface area contributed by atoms with E-state index in [2.05, 4.69) is 21.2 Å². The molecule has 0 aliphatic heterocycles. The monoisotopic (exact) mass is 508 g/mol. The average molecular weight is 509 g/mol. The molecule has 0 unspecified atom stereocenters. The van der Waals surface area contributed by atoms with Crippen molar-refractivity contribution in [2.75, 3.05) is 12.4 Å². The van der Waals surface area contributed by atoms with Gasteiger partial charge in [-0.1, -0.05) is 40.2 Å². The number of benzene rings is 3. The second-order valence-corrected chi connectivity index (χ2v) is 8.17. The lowest BCUT2D eigenvalue weighted by molar-refractivity contribution is -0.112. The average Bonchev–Trinajstić information content (AvgIpc) is 2.80. The summed E-state index contributed by atoms with van der Waals surface area (Å²) in [5.74, 6) is -0.00592. The molecule has 168 valence electrons. The third-order valence-corrected chi connectivity index (χ3v) is 5.77. The molecule has 7 heteroatoms. The van der Waals surface area contributed by atoms with Crippen LogP contribution in [-0.4, -0.2) is 13.0 Å². The molecule has 0 heterocycles. The summed E-state index contributed by atoms with van der Waals surface area (Å²) in [6.07, 6.45) is 1.48. The van der Waals surface area contributed by atoms with Crippen molar-refractivity contribution in [3.63, 3.8) is 0 Å². The first-order chi connectivity index (χ1) is 15.8. The summed E-state index contributed by atoms with van der Waals surface area (Å²) in [5, 5.41) is 12.4. The van der Waals surface area contributed by atoms with Crippen molar-refractivity contribution in [2.45, 2.75) is 20.5 Å². The molecule has 0 aromatic heterocycles. The van der Waals surface area contributed by atoms with Crippen LogP contribution in [0.2, 0.25) is 0 Å². The molecular weight excluding hydrogens is 487 g/mol. The molecule has 1 N–H and O–H groups in total. The minimum absolute atomic E-state index is 0.0629. The smallest absolute Gasteiger partial charge is 0.266 e. The first-order valence-corrected chi connectivity index (χ1v) is 10.9. The van der Waals surface area contributed by atoms with Gasteiger partial charge in [-0.2, -0.15) is 5.26 Å². The number of nitrogens with one attached hydrogen (secondary N) is 1. The highest BCUT2D eigenvalue weighted by Crippen LogP contribution is 2.35. The van der Waals surface area contributed by atoms with Gasteiger partial charge in [0.25, 0.3) is 5.91 Å². The molecule has 0 saturated heterocycles. The van der Waals surface area contributed by atoms with E-state index in [4.69, 9.17) is 9.47 Å². The summed E-state index contributed by atoms with van der Waals surface area (Å²) < 4.78 is 25.2. The number of ether oxygens (including phenoxy) is 2. The number of nitrogens with zero attached hydrogens (tertiary/aromatic N) is 1. The van der Waals surface area contributed by atoms with Gasteiger partial charge in [0.2, 0.25) is 0 Å². The van der Waals surface area contributed by atoms with Gasteiger partial charge in [-0.25, -0.2) is 4.39 Å². The van der Waals surface area contributed by atoms with Crippen LogP contribution in [0.3, 0.4) is 0 Å². The first-order valence-electron chi connectivity index (χ1n) is 10.1. The summed E-state index contributed by atoms with van der Waals surface area (Å²) in [6.45, 7) is 4.01. The van der Waals surface area contributed by atoms with Crippen molar-refractivity contribution in [1.82, 2.24) is 0 Å². The topological polar surface area (TPSA) is 71.3 Å². The van der Waals surface area contributed by atoms with E-state index in [1.807, 2.05) is 32.0 Å². The second-order valence-electron chi connectivity index (χ2n) is 7.31. The van der Waals surface area contributed by atoms with Gasteiger partial charge in [0.1, 0.15) is 24.1 Å². The van der Waals surface area contributed by atoms with Gasteiger partial charge in [-0.15, -0.1) is 0 Å². The van der Waals surface area contributed by atoms with Crippen LogP contribution in [0.4, 0.5) is 10.1 Å². The van der Waals surface area contributed by atoms with Crippen LogP contribution in [-0.2, 0) is 11.4 Å². The molecule has 0 atom stereocenters. The molecule has 3 rings (SSSR count). The predicted octanol–water partition coefficient (Wildman–Crippen LogP) is 6.34.